The Balaban J connectivity index is 1.56. The van der Waals surface area contributed by atoms with Gasteiger partial charge in [-0.1, -0.05) is 79.9 Å². The summed E-state index contributed by atoms with van der Waals surface area (Å²) in [6.45, 7) is 0. The quantitative estimate of drug-likeness (QED) is 0.450. The molecule has 3 aromatic carbocycles. The van der Waals surface area contributed by atoms with E-state index in [1.54, 1.807) is 0 Å². The van der Waals surface area contributed by atoms with E-state index in [2.05, 4.69) is 5.32 Å². The van der Waals surface area contributed by atoms with Crippen LogP contribution in [0.1, 0.15) is 42.5 Å². The second-order valence-electron chi connectivity index (χ2n) is 8.16. The van der Waals surface area contributed by atoms with E-state index in [1.165, 1.54) is 19.3 Å². The summed E-state index contributed by atoms with van der Waals surface area (Å²) in [5.41, 5.74) is 5.85. The van der Waals surface area contributed by atoms with E-state index in [0.717, 1.165) is 46.4 Å². The van der Waals surface area contributed by atoms with Crippen molar-refractivity contribution in [1.82, 2.24) is 15.3 Å². The van der Waals surface area contributed by atoms with E-state index in [-0.39, 0.29) is 11.9 Å². The van der Waals surface area contributed by atoms with Gasteiger partial charge in [0, 0.05) is 22.7 Å². The van der Waals surface area contributed by atoms with Crippen molar-refractivity contribution in [3.8, 4) is 22.5 Å². The molecule has 1 amide bonds. The fourth-order valence-electron chi connectivity index (χ4n) is 4.31. The molecule has 0 atom stereocenters. The molecular formula is C27H25N3O. The van der Waals surface area contributed by atoms with Crippen LogP contribution in [0.3, 0.4) is 0 Å². The zero-order valence-electron chi connectivity index (χ0n) is 17.4. The first kappa shape index (κ1) is 19.4. The van der Waals surface area contributed by atoms with E-state index in [1.807, 2.05) is 78.9 Å². The zero-order chi connectivity index (χ0) is 21.0. The molecule has 0 radical (unpaired) electrons. The van der Waals surface area contributed by atoms with Crippen molar-refractivity contribution in [2.24, 2.45) is 0 Å². The Morgan fingerprint density at radius 2 is 1.29 bits per heavy atom. The lowest BCUT2D eigenvalue weighted by Crippen LogP contribution is -2.36. The number of amides is 1. The predicted molar refractivity (Wildman–Crippen MR) is 125 cm³/mol. The van der Waals surface area contributed by atoms with Crippen LogP contribution in [-0.4, -0.2) is 21.9 Å². The molecule has 154 valence electrons. The number of hydrogen-bond donors (Lipinski definition) is 1. The molecule has 4 aromatic rings. The monoisotopic (exact) mass is 407 g/mol. The molecule has 4 heteroatoms. The first-order valence-electron chi connectivity index (χ1n) is 11.0. The van der Waals surface area contributed by atoms with Crippen LogP contribution in [0.25, 0.3) is 33.5 Å². The van der Waals surface area contributed by atoms with Gasteiger partial charge in [-0.25, -0.2) is 9.97 Å². The first-order valence-corrected chi connectivity index (χ1v) is 11.0. The number of nitrogens with zero attached hydrogens (tertiary/aromatic N) is 2. The normalized spacial score (nSPS) is 14.5. The smallest absolute Gasteiger partial charge is 0.251 e. The summed E-state index contributed by atoms with van der Waals surface area (Å²) in [6, 6.07) is 26.1. The maximum absolute atomic E-state index is 12.8. The number of fused-ring (bicyclic) bond motifs is 1. The van der Waals surface area contributed by atoms with Crippen molar-refractivity contribution in [3.05, 3.63) is 84.4 Å². The number of benzene rings is 3. The Kier molecular flexibility index (Phi) is 5.44. The van der Waals surface area contributed by atoms with Gasteiger partial charge in [0.1, 0.15) is 0 Å². The average molecular weight is 408 g/mol. The number of rotatable bonds is 4. The minimum atomic E-state index is -0.0241. The number of carbonyl (C=O) groups is 1. The molecule has 1 saturated carbocycles. The third-order valence-electron chi connectivity index (χ3n) is 5.96. The maximum Gasteiger partial charge on any atom is 0.251 e. The lowest BCUT2D eigenvalue weighted by Gasteiger charge is -2.22. The van der Waals surface area contributed by atoms with Crippen molar-refractivity contribution in [3.63, 3.8) is 0 Å². The summed E-state index contributed by atoms with van der Waals surface area (Å²) in [5, 5.41) is 3.20. The molecule has 1 aromatic heterocycles. The highest BCUT2D eigenvalue weighted by molar-refractivity contribution is 5.98. The molecule has 1 heterocycles. The standard InChI is InChI=1S/C27H25N3O/c31-27(28-22-14-8-3-9-15-22)21-16-17-23-24(18-21)30-26(20-12-6-2-7-13-20)25(29-23)19-10-4-1-5-11-19/h1-2,4-7,10-13,16-18,22H,3,8-9,14-15H2,(H,28,31). The number of carbonyl (C=O) groups excluding carboxylic acids is 1. The minimum Gasteiger partial charge on any atom is -0.349 e. The SMILES string of the molecule is O=C(NC1CCCCC1)c1ccc2nc(-c3ccccc3)c(-c3ccccc3)nc2c1. The summed E-state index contributed by atoms with van der Waals surface area (Å²) < 4.78 is 0. The van der Waals surface area contributed by atoms with Crippen LogP contribution in [0.2, 0.25) is 0 Å². The third kappa shape index (κ3) is 4.19. The summed E-state index contributed by atoms with van der Waals surface area (Å²) in [5.74, 6) is -0.0241. The molecule has 1 aliphatic carbocycles. The number of hydrogen-bond acceptors (Lipinski definition) is 3. The molecule has 0 spiro atoms. The Hall–Kier alpha value is -3.53. The fraction of sp³-hybridized carbons (Fsp3) is 0.222. The molecule has 0 saturated heterocycles. The third-order valence-corrected chi connectivity index (χ3v) is 5.96. The molecular weight excluding hydrogens is 382 g/mol. The van der Waals surface area contributed by atoms with Gasteiger partial charge in [-0.05, 0) is 31.0 Å². The van der Waals surface area contributed by atoms with Gasteiger partial charge in [0.15, 0.2) is 0 Å². The summed E-state index contributed by atoms with van der Waals surface area (Å²) in [7, 11) is 0. The fourth-order valence-corrected chi connectivity index (χ4v) is 4.31. The minimum absolute atomic E-state index is 0.0241. The summed E-state index contributed by atoms with van der Waals surface area (Å²) >= 11 is 0. The average Bonchev–Trinajstić information content (AvgIpc) is 2.84. The number of nitrogens with one attached hydrogen (secondary N) is 1. The van der Waals surface area contributed by atoms with E-state index >= 15 is 0 Å². The summed E-state index contributed by atoms with van der Waals surface area (Å²) in [6.07, 6.45) is 5.78. The van der Waals surface area contributed by atoms with Gasteiger partial charge in [-0.2, -0.15) is 0 Å². The molecule has 0 aliphatic heterocycles. The molecule has 1 aliphatic rings. The van der Waals surface area contributed by atoms with Crippen LogP contribution < -0.4 is 5.32 Å². The number of aromatic nitrogens is 2. The van der Waals surface area contributed by atoms with Gasteiger partial charge in [-0.15, -0.1) is 0 Å². The van der Waals surface area contributed by atoms with Crippen molar-refractivity contribution in [2.75, 3.05) is 0 Å². The molecule has 5 rings (SSSR count). The Labute approximate surface area is 182 Å². The van der Waals surface area contributed by atoms with E-state index < -0.39 is 0 Å². The molecule has 0 bridgehead atoms. The van der Waals surface area contributed by atoms with Gasteiger partial charge in [0.05, 0.1) is 22.4 Å². The lowest BCUT2D eigenvalue weighted by molar-refractivity contribution is 0.0928. The Morgan fingerprint density at radius 1 is 0.710 bits per heavy atom. The second-order valence-corrected chi connectivity index (χ2v) is 8.16. The van der Waals surface area contributed by atoms with E-state index in [9.17, 15) is 4.79 Å². The molecule has 0 unspecified atom stereocenters. The van der Waals surface area contributed by atoms with Crippen LogP contribution in [0.4, 0.5) is 0 Å². The Morgan fingerprint density at radius 3 is 1.90 bits per heavy atom. The Bertz CT molecular complexity index is 1200. The molecule has 31 heavy (non-hydrogen) atoms. The van der Waals surface area contributed by atoms with E-state index in [0.29, 0.717) is 5.56 Å². The van der Waals surface area contributed by atoms with Crippen LogP contribution in [-0.2, 0) is 0 Å². The predicted octanol–water partition coefficient (Wildman–Crippen LogP) is 6.03. The second kappa shape index (κ2) is 8.68. The largest absolute Gasteiger partial charge is 0.349 e. The lowest BCUT2D eigenvalue weighted by atomic mass is 9.95. The molecule has 4 nitrogen and oxygen atoms in total. The topological polar surface area (TPSA) is 54.9 Å². The zero-order valence-corrected chi connectivity index (χ0v) is 17.4. The van der Waals surface area contributed by atoms with Crippen molar-refractivity contribution in [1.29, 1.82) is 0 Å². The van der Waals surface area contributed by atoms with Crippen LogP contribution >= 0.6 is 0 Å². The van der Waals surface area contributed by atoms with Crippen molar-refractivity contribution in [2.45, 2.75) is 38.1 Å². The highest BCUT2D eigenvalue weighted by Crippen LogP contribution is 2.31. The van der Waals surface area contributed by atoms with Gasteiger partial charge in [0.25, 0.3) is 5.91 Å². The maximum atomic E-state index is 12.8. The first-order chi connectivity index (χ1) is 15.3. The van der Waals surface area contributed by atoms with Gasteiger partial charge >= 0.3 is 0 Å². The van der Waals surface area contributed by atoms with Crippen LogP contribution in [0, 0.1) is 0 Å². The molecule has 1 N–H and O–H groups in total. The van der Waals surface area contributed by atoms with Crippen molar-refractivity contribution >= 4 is 16.9 Å². The van der Waals surface area contributed by atoms with Crippen LogP contribution in [0.15, 0.2) is 78.9 Å². The van der Waals surface area contributed by atoms with E-state index in [4.69, 9.17) is 9.97 Å². The van der Waals surface area contributed by atoms with Crippen LogP contribution in [0.5, 0.6) is 0 Å². The van der Waals surface area contributed by atoms with Gasteiger partial charge < -0.3 is 5.32 Å². The van der Waals surface area contributed by atoms with Gasteiger partial charge in [0.2, 0.25) is 0 Å². The molecule has 1 fully saturated rings. The highest BCUT2D eigenvalue weighted by Gasteiger charge is 2.18. The van der Waals surface area contributed by atoms with Crippen molar-refractivity contribution < 1.29 is 4.79 Å². The summed E-state index contributed by atoms with van der Waals surface area (Å²) in [4.78, 5) is 22.8. The van der Waals surface area contributed by atoms with Gasteiger partial charge in [-0.3, -0.25) is 4.79 Å². The highest BCUT2D eigenvalue weighted by atomic mass is 16.1.